The molecule has 2 heterocycles. The molecule has 0 saturated heterocycles. The summed E-state index contributed by atoms with van der Waals surface area (Å²) >= 11 is 0. The van der Waals surface area contributed by atoms with Crippen LogP contribution >= 0.6 is 0 Å². The number of para-hydroxylation sites is 3. The predicted octanol–water partition coefficient (Wildman–Crippen LogP) is 15.6. The monoisotopic (exact) mass is 978 g/mol. The molecule has 373 valence electrons. The Balaban J connectivity index is 1.20. The number of nitrogens with zero attached hydrogens (tertiary/aromatic N) is 3. The largest absolute Gasteiger partial charge is 0.384 e. The van der Waals surface area contributed by atoms with E-state index in [1.165, 1.54) is 89.2 Å². The fourth-order valence-corrected chi connectivity index (χ4v) is 11.6. The van der Waals surface area contributed by atoms with Gasteiger partial charge in [0.25, 0.3) is 7.41 Å². The van der Waals surface area contributed by atoms with Crippen LogP contribution in [0.4, 0.5) is 51.2 Å². The summed E-state index contributed by atoms with van der Waals surface area (Å²) in [7, 11) is 2.39. The van der Waals surface area contributed by atoms with Crippen molar-refractivity contribution in [2.75, 3.05) is 19.9 Å². The van der Waals surface area contributed by atoms with E-state index in [9.17, 15) is 0 Å². The molecule has 0 aromatic heterocycles. The highest BCUT2D eigenvalue weighted by atomic mass is 15.2. The van der Waals surface area contributed by atoms with Gasteiger partial charge in [0.1, 0.15) is 0 Å². The highest BCUT2D eigenvalue weighted by Crippen LogP contribution is 2.46. The molecule has 0 spiro atoms. The van der Waals surface area contributed by atoms with Crippen molar-refractivity contribution >= 4 is 87.2 Å². The molecule has 11 rings (SSSR count). The zero-order valence-corrected chi connectivity index (χ0v) is 46.0. The van der Waals surface area contributed by atoms with Crippen LogP contribution in [0.2, 0.25) is 0 Å². The van der Waals surface area contributed by atoms with Gasteiger partial charge in [-0.05, 0) is 173 Å². The molecule has 0 atom stereocenters. The lowest BCUT2D eigenvalue weighted by atomic mass is 9.32. The van der Waals surface area contributed by atoms with E-state index in [0.717, 1.165) is 47.7 Å². The molecule has 1 N–H and O–H groups in total. The van der Waals surface area contributed by atoms with E-state index in [1.807, 2.05) is 0 Å². The van der Waals surface area contributed by atoms with Crippen molar-refractivity contribution in [2.24, 2.45) is 0 Å². The van der Waals surface area contributed by atoms with Gasteiger partial charge in [-0.2, -0.15) is 0 Å². The van der Waals surface area contributed by atoms with Crippen LogP contribution in [0.5, 0.6) is 0 Å². The third-order valence-electron chi connectivity index (χ3n) is 15.7. The van der Waals surface area contributed by atoms with E-state index in [4.69, 9.17) is 0 Å². The Bertz CT molecular complexity index is 3460. The topological polar surface area (TPSA) is 21.8 Å². The van der Waals surface area contributed by atoms with E-state index in [0.29, 0.717) is 0 Å². The molecule has 1 aliphatic carbocycles. The fraction of sp³-hybridized carbons (Fsp3) is 0.246. The first-order chi connectivity index (χ1) is 35.9. The Labute approximate surface area is 449 Å². The summed E-state index contributed by atoms with van der Waals surface area (Å²) in [5, 5.41) is 4.02. The number of aryl methyl sites for hydroxylation is 2. The minimum absolute atomic E-state index is 0.0139. The quantitative estimate of drug-likeness (QED) is 0.138. The molecule has 0 unspecified atom stereocenters. The van der Waals surface area contributed by atoms with Crippen molar-refractivity contribution in [3.63, 3.8) is 0 Å². The van der Waals surface area contributed by atoms with Gasteiger partial charge in [-0.25, -0.2) is 0 Å². The molecule has 0 fully saturated rings. The van der Waals surface area contributed by atoms with Gasteiger partial charge < -0.3 is 19.9 Å². The minimum Gasteiger partial charge on any atom is -0.384 e. The highest BCUT2D eigenvalue weighted by Gasteiger charge is 2.43. The minimum atomic E-state index is -0.0909. The van der Waals surface area contributed by atoms with Gasteiger partial charge >= 0.3 is 0 Å². The molecular formula is C69H71B2N4. The van der Waals surface area contributed by atoms with Gasteiger partial charge in [-0.3, -0.25) is 0 Å². The maximum atomic E-state index is 4.02. The molecule has 0 saturated carbocycles. The van der Waals surface area contributed by atoms with Crippen LogP contribution in [0, 0.1) is 13.8 Å². The van der Waals surface area contributed by atoms with Crippen LogP contribution in [0.1, 0.15) is 114 Å². The fourth-order valence-electron chi connectivity index (χ4n) is 11.6. The summed E-state index contributed by atoms with van der Waals surface area (Å²) < 4.78 is 0. The smallest absolute Gasteiger partial charge is 0.291 e. The van der Waals surface area contributed by atoms with Gasteiger partial charge in [0.05, 0.1) is 11.4 Å². The van der Waals surface area contributed by atoms with E-state index >= 15 is 0 Å². The SMILES string of the molecule is Cc1cc(C(C)(C)C)cc(C)c1[B]N(c1ccccc1)c1cc2c(cc1Nc1ccccc1)N(c1ccc(C(C)(C)C)cc1)c1cc(C(C)(C)C)cc3c1B2c1ccc(N(C2=CCCC=C2)c2ccccc2)cc1C3. The second-order valence-corrected chi connectivity index (χ2v) is 24.3. The molecule has 75 heavy (non-hydrogen) atoms. The lowest BCUT2D eigenvalue weighted by Gasteiger charge is -2.43. The van der Waals surface area contributed by atoms with E-state index < -0.39 is 0 Å². The summed E-state index contributed by atoms with van der Waals surface area (Å²) in [5.41, 5.74) is 25.8. The first kappa shape index (κ1) is 49.8. The highest BCUT2D eigenvalue weighted by molar-refractivity contribution is 6.99. The summed E-state index contributed by atoms with van der Waals surface area (Å²) in [5.74, 6) is 0. The maximum absolute atomic E-state index is 4.02. The van der Waals surface area contributed by atoms with Crippen LogP contribution in [-0.2, 0) is 22.7 Å². The van der Waals surface area contributed by atoms with Crippen molar-refractivity contribution < 1.29 is 0 Å². The number of hydrogen-bond acceptors (Lipinski definition) is 4. The molecule has 1 radical (unpaired) electrons. The number of fused-ring (bicyclic) bond motifs is 4. The first-order valence-corrected chi connectivity index (χ1v) is 27.1. The van der Waals surface area contributed by atoms with Crippen molar-refractivity contribution in [3.8, 4) is 0 Å². The second-order valence-electron chi connectivity index (χ2n) is 24.3. The number of nitrogens with one attached hydrogen (secondary N) is 1. The normalized spacial score (nSPS) is 13.9. The molecule has 0 bridgehead atoms. The average molecular weight is 978 g/mol. The number of allylic oxidation sites excluding steroid dienone is 3. The second kappa shape index (κ2) is 19.4. The van der Waals surface area contributed by atoms with Crippen molar-refractivity contribution in [3.05, 3.63) is 233 Å². The summed E-state index contributed by atoms with van der Waals surface area (Å²) in [6.45, 7) is 25.4. The average Bonchev–Trinajstić information content (AvgIpc) is 3.41. The molecule has 8 aromatic carbocycles. The Hall–Kier alpha value is -7.43. The van der Waals surface area contributed by atoms with Gasteiger partial charge in [0, 0.05) is 45.5 Å². The molecule has 3 aliphatic rings. The molecule has 2 aliphatic heterocycles. The lowest BCUT2D eigenvalue weighted by Crippen LogP contribution is -2.61. The predicted molar refractivity (Wildman–Crippen MR) is 326 cm³/mol. The van der Waals surface area contributed by atoms with Crippen molar-refractivity contribution in [1.29, 1.82) is 0 Å². The molecule has 0 amide bonds. The van der Waals surface area contributed by atoms with E-state index in [-0.39, 0.29) is 23.0 Å². The van der Waals surface area contributed by atoms with Gasteiger partial charge in [-0.1, -0.05) is 188 Å². The Kier molecular flexibility index (Phi) is 12.8. The molecule has 6 heteroatoms. The summed E-state index contributed by atoms with van der Waals surface area (Å²) in [6.07, 6.45) is 9.94. The zero-order chi connectivity index (χ0) is 52.4. The Morgan fingerprint density at radius 3 is 1.76 bits per heavy atom. The number of benzene rings is 8. The Morgan fingerprint density at radius 1 is 0.533 bits per heavy atom. The Morgan fingerprint density at radius 2 is 1.15 bits per heavy atom. The van der Waals surface area contributed by atoms with Crippen molar-refractivity contribution in [1.82, 2.24) is 0 Å². The van der Waals surface area contributed by atoms with Gasteiger partial charge in [-0.15, -0.1) is 0 Å². The van der Waals surface area contributed by atoms with Gasteiger partial charge in [0.2, 0.25) is 6.71 Å². The van der Waals surface area contributed by atoms with E-state index in [2.05, 4.69) is 292 Å². The van der Waals surface area contributed by atoms with Crippen LogP contribution in [-0.4, -0.2) is 14.1 Å². The van der Waals surface area contributed by atoms with Crippen LogP contribution in [0.15, 0.2) is 194 Å². The number of rotatable bonds is 10. The standard InChI is InChI=1S/C69H71B2N4/c1-46-38-51(68(6,7)8)39-47(2)65(46)70-75(57-30-22-15-23-31-57)63-44-60-62(45-61(63)72-53-24-16-12-17-25-53)74(56-34-32-50(33-35-56)67(3,4)5)64-43-52(69(9,10)11)41-49-40-48-42-58(36-37-59(48)71(60)66(49)64)73(54-26-18-13-19-27-54)55-28-20-14-21-29-55/h12-13,15-20,22-39,41-45,72H,14,21,40H2,1-11H3. The third-order valence-corrected chi connectivity index (χ3v) is 15.7. The van der Waals surface area contributed by atoms with Crippen LogP contribution < -0.4 is 41.8 Å². The zero-order valence-electron chi connectivity index (χ0n) is 46.0. The third kappa shape index (κ3) is 9.65. The first-order valence-electron chi connectivity index (χ1n) is 27.1. The van der Waals surface area contributed by atoms with E-state index in [1.54, 1.807) is 0 Å². The molecule has 8 aromatic rings. The summed E-state index contributed by atoms with van der Waals surface area (Å²) in [6, 6.07) is 64.0. The summed E-state index contributed by atoms with van der Waals surface area (Å²) in [4.78, 5) is 7.47. The van der Waals surface area contributed by atoms with Crippen LogP contribution in [0.3, 0.4) is 0 Å². The number of anilines is 9. The number of hydrogen-bond donors (Lipinski definition) is 1. The maximum Gasteiger partial charge on any atom is 0.291 e. The molecule has 4 nitrogen and oxygen atoms in total. The van der Waals surface area contributed by atoms with Gasteiger partial charge in [0.15, 0.2) is 0 Å². The van der Waals surface area contributed by atoms with Crippen molar-refractivity contribution in [2.45, 2.75) is 112 Å². The van der Waals surface area contributed by atoms with Crippen LogP contribution in [0.25, 0.3) is 0 Å². The molecular weight excluding hydrogens is 906 g/mol. The lowest BCUT2D eigenvalue weighted by molar-refractivity contribution is 0.589.